The van der Waals surface area contributed by atoms with Crippen LogP contribution in [0.1, 0.15) is 52.4 Å². The minimum absolute atomic E-state index is 0.269. The molecule has 0 aliphatic carbocycles. The van der Waals surface area contributed by atoms with Gasteiger partial charge in [-0.25, -0.2) is 4.39 Å². The van der Waals surface area contributed by atoms with Crippen LogP contribution in [0.2, 0.25) is 0 Å². The Bertz CT molecular complexity index is 888. The van der Waals surface area contributed by atoms with E-state index in [0.717, 1.165) is 41.2 Å². The Kier molecular flexibility index (Phi) is 6.92. The monoisotopic (exact) mass is 368 g/mol. The van der Waals surface area contributed by atoms with Gasteiger partial charge in [0.25, 0.3) is 0 Å². The Morgan fingerprint density at radius 1 is 0.704 bits per heavy atom. The third-order valence-electron chi connectivity index (χ3n) is 4.87. The van der Waals surface area contributed by atoms with Gasteiger partial charge in [-0.05, 0) is 53.3 Å². The summed E-state index contributed by atoms with van der Waals surface area (Å²) in [4.78, 5) is 0. The topological polar surface area (TPSA) is 18.5 Å². The van der Waals surface area contributed by atoms with Gasteiger partial charge in [0, 0.05) is 5.39 Å². The Hall–Kier alpha value is -2.29. The van der Waals surface area contributed by atoms with Gasteiger partial charge in [0.1, 0.15) is 5.75 Å². The molecule has 3 heteroatoms. The van der Waals surface area contributed by atoms with E-state index in [1.165, 1.54) is 19.3 Å². The van der Waals surface area contributed by atoms with E-state index in [1.807, 2.05) is 36.4 Å². The maximum atomic E-state index is 14.9. The Morgan fingerprint density at radius 2 is 1.48 bits per heavy atom. The van der Waals surface area contributed by atoms with Crippen molar-refractivity contribution in [1.82, 2.24) is 0 Å². The number of benzene rings is 3. The summed E-state index contributed by atoms with van der Waals surface area (Å²) in [6.07, 6.45) is 6.77. The molecule has 0 aromatic heterocycles. The lowest BCUT2D eigenvalue weighted by Gasteiger charge is -2.12. The molecule has 0 N–H and O–H groups in total. The summed E-state index contributed by atoms with van der Waals surface area (Å²) in [5, 5.41) is 3.59. The number of rotatable bonds is 10. The Balaban J connectivity index is 1.78. The highest BCUT2D eigenvalue weighted by Crippen LogP contribution is 2.33. The fraction of sp³-hybridized carbons (Fsp3) is 0.417. The predicted molar refractivity (Wildman–Crippen MR) is 111 cm³/mol. The van der Waals surface area contributed by atoms with E-state index in [0.29, 0.717) is 24.3 Å². The summed E-state index contributed by atoms with van der Waals surface area (Å²) >= 11 is 0. The van der Waals surface area contributed by atoms with E-state index in [4.69, 9.17) is 9.47 Å². The van der Waals surface area contributed by atoms with Crippen LogP contribution in [-0.2, 0) is 0 Å². The van der Waals surface area contributed by atoms with Crippen molar-refractivity contribution in [1.29, 1.82) is 0 Å². The molecule has 0 radical (unpaired) electrons. The van der Waals surface area contributed by atoms with Gasteiger partial charge in [0.05, 0.1) is 13.2 Å². The third-order valence-corrected chi connectivity index (χ3v) is 4.87. The highest BCUT2D eigenvalue weighted by Gasteiger charge is 2.11. The lowest BCUT2D eigenvalue weighted by molar-refractivity contribution is 0.291. The van der Waals surface area contributed by atoms with Crippen molar-refractivity contribution < 1.29 is 13.9 Å². The molecule has 0 aliphatic rings. The van der Waals surface area contributed by atoms with Crippen LogP contribution in [0, 0.1) is 5.82 Å². The second-order valence-corrected chi connectivity index (χ2v) is 7.03. The molecule has 0 spiro atoms. The molecule has 3 aromatic rings. The number of fused-ring (bicyclic) bond motifs is 3. The van der Waals surface area contributed by atoms with E-state index in [9.17, 15) is 4.39 Å². The summed E-state index contributed by atoms with van der Waals surface area (Å²) < 4.78 is 26.3. The van der Waals surface area contributed by atoms with Crippen molar-refractivity contribution in [2.75, 3.05) is 13.2 Å². The first kappa shape index (κ1) is 19.5. The predicted octanol–water partition coefficient (Wildman–Crippen LogP) is 7.27. The standard InChI is InChI=1S/C24H29FO2/c1-3-5-6-7-8-16-27-23-14-13-21-20-12-10-19(26-15-4-2)17-18(20)9-11-22(21)24(23)25/h9-14,17H,3-8,15-16H2,1-2H3. The number of unbranched alkanes of at least 4 members (excludes halogenated alkanes) is 4. The van der Waals surface area contributed by atoms with Crippen LogP contribution in [0.4, 0.5) is 4.39 Å². The van der Waals surface area contributed by atoms with Gasteiger partial charge in [-0.1, -0.05) is 57.7 Å². The molecule has 27 heavy (non-hydrogen) atoms. The zero-order valence-electron chi connectivity index (χ0n) is 16.4. The average Bonchev–Trinajstić information content (AvgIpc) is 2.70. The summed E-state index contributed by atoms with van der Waals surface area (Å²) in [5.74, 6) is 0.932. The maximum Gasteiger partial charge on any atom is 0.172 e. The first-order valence-corrected chi connectivity index (χ1v) is 10.1. The molecule has 0 saturated carbocycles. The Labute approximate surface area is 161 Å². The first-order chi connectivity index (χ1) is 13.2. The molecule has 0 saturated heterocycles. The molecular formula is C24H29FO2. The summed E-state index contributed by atoms with van der Waals surface area (Å²) in [6, 6.07) is 13.5. The van der Waals surface area contributed by atoms with Crippen molar-refractivity contribution >= 4 is 21.5 Å². The molecular weight excluding hydrogens is 339 g/mol. The normalized spacial score (nSPS) is 11.2. The summed E-state index contributed by atoms with van der Waals surface area (Å²) in [6.45, 7) is 5.55. The van der Waals surface area contributed by atoms with Crippen molar-refractivity contribution in [2.24, 2.45) is 0 Å². The zero-order chi connectivity index (χ0) is 19.1. The fourth-order valence-corrected chi connectivity index (χ4v) is 3.38. The second-order valence-electron chi connectivity index (χ2n) is 7.03. The molecule has 0 amide bonds. The van der Waals surface area contributed by atoms with E-state index >= 15 is 0 Å². The van der Waals surface area contributed by atoms with Crippen LogP contribution in [-0.4, -0.2) is 13.2 Å². The smallest absolute Gasteiger partial charge is 0.172 e. The van der Waals surface area contributed by atoms with Gasteiger partial charge in [-0.15, -0.1) is 0 Å². The van der Waals surface area contributed by atoms with Crippen molar-refractivity contribution in [2.45, 2.75) is 52.4 Å². The summed E-state index contributed by atoms with van der Waals surface area (Å²) in [7, 11) is 0. The van der Waals surface area contributed by atoms with Crippen LogP contribution >= 0.6 is 0 Å². The van der Waals surface area contributed by atoms with Crippen LogP contribution in [0.15, 0.2) is 42.5 Å². The molecule has 0 aliphatic heterocycles. The van der Waals surface area contributed by atoms with E-state index in [2.05, 4.69) is 13.8 Å². The molecule has 2 nitrogen and oxygen atoms in total. The minimum Gasteiger partial charge on any atom is -0.494 e. The van der Waals surface area contributed by atoms with Gasteiger partial charge < -0.3 is 9.47 Å². The lowest BCUT2D eigenvalue weighted by Crippen LogP contribution is -2.00. The first-order valence-electron chi connectivity index (χ1n) is 10.1. The van der Waals surface area contributed by atoms with Crippen LogP contribution < -0.4 is 9.47 Å². The van der Waals surface area contributed by atoms with Crippen LogP contribution in [0.5, 0.6) is 11.5 Å². The fourth-order valence-electron chi connectivity index (χ4n) is 3.38. The molecule has 0 fully saturated rings. The Morgan fingerprint density at radius 3 is 2.30 bits per heavy atom. The zero-order valence-corrected chi connectivity index (χ0v) is 16.4. The van der Waals surface area contributed by atoms with Gasteiger partial charge >= 0.3 is 0 Å². The number of hydrogen-bond acceptors (Lipinski definition) is 2. The molecule has 0 heterocycles. The van der Waals surface area contributed by atoms with Crippen molar-refractivity contribution in [3.8, 4) is 11.5 Å². The van der Waals surface area contributed by atoms with Gasteiger partial charge in [-0.2, -0.15) is 0 Å². The highest BCUT2D eigenvalue weighted by atomic mass is 19.1. The molecule has 0 bridgehead atoms. The molecule has 0 unspecified atom stereocenters. The largest absolute Gasteiger partial charge is 0.494 e. The van der Waals surface area contributed by atoms with E-state index in [-0.39, 0.29) is 5.82 Å². The number of halogens is 1. The van der Waals surface area contributed by atoms with Crippen molar-refractivity contribution in [3.05, 3.63) is 48.3 Å². The van der Waals surface area contributed by atoms with Crippen LogP contribution in [0.3, 0.4) is 0 Å². The molecule has 0 atom stereocenters. The van der Waals surface area contributed by atoms with Crippen LogP contribution in [0.25, 0.3) is 21.5 Å². The van der Waals surface area contributed by atoms with Gasteiger partial charge in [0.15, 0.2) is 11.6 Å². The third kappa shape index (κ3) is 4.71. The van der Waals surface area contributed by atoms with Gasteiger partial charge in [0.2, 0.25) is 0 Å². The highest BCUT2D eigenvalue weighted by molar-refractivity contribution is 6.08. The summed E-state index contributed by atoms with van der Waals surface area (Å²) in [5.41, 5.74) is 0. The lowest BCUT2D eigenvalue weighted by atomic mass is 10.0. The molecule has 144 valence electrons. The SMILES string of the molecule is CCCCCCCOc1ccc2c(ccc3cc(OCCC)ccc32)c1F. The number of ether oxygens (including phenoxy) is 2. The molecule has 3 rings (SSSR count). The number of hydrogen-bond donors (Lipinski definition) is 0. The average molecular weight is 368 g/mol. The van der Waals surface area contributed by atoms with Gasteiger partial charge in [-0.3, -0.25) is 0 Å². The van der Waals surface area contributed by atoms with E-state index in [1.54, 1.807) is 6.07 Å². The minimum atomic E-state index is -0.269. The van der Waals surface area contributed by atoms with E-state index < -0.39 is 0 Å². The molecule has 3 aromatic carbocycles. The quantitative estimate of drug-likeness (QED) is 0.277. The second kappa shape index (κ2) is 9.59. The van der Waals surface area contributed by atoms with Crippen molar-refractivity contribution in [3.63, 3.8) is 0 Å². The maximum absolute atomic E-state index is 14.9.